The van der Waals surface area contributed by atoms with Crippen molar-refractivity contribution in [3.05, 3.63) is 96.5 Å². The molecule has 0 fully saturated rings. The Morgan fingerprint density at radius 3 is 2.38 bits per heavy atom. The molecule has 3 aromatic heterocycles. The van der Waals surface area contributed by atoms with E-state index in [2.05, 4.69) is 101 Å². The molecule has 0 aliphatic carbocycles. The Morgan fingerprint density at radius 2 is 1.57 bits per heavy atom. The van der Waals surface area contributed by atoms with Crippen molar-refractivity contribution in [2.75, 3.05) is 0 Å². The quantitative estimate of drug-likeness (QED) is 0.250. The molecule has 3 nitrogen and oxygen atoms in total. The third kappa shape index (κ3) is 4.40. The topological polar surface area (TPSA) is 38.9 Å². The molecule has 6 aromatic rings. The smallest absolute Gasteiger partial charge is 0.160 e. The predicted octanol–water partition coefficient (Wildman–Crippen LogP) is 9.36. The third-order valence-electron chi connectivity index (χ3n) is 7.15. The van der Waals surface area contributed by atoms with Gasteiger partial charge in [0.2, 0.25) is 0 Å². The van der Waals surface area contributed by atoms with Crippen molar-refractivity contribution in [2.45, 2.75) is 46.5 Å². The lowest BCUT2D eigenvalue weighted by Gasteiger charge is -2.19. The van der Waals surface area contributed by atoms with Crippen LogP contribution < -0.4 is 0 Å². The van der Waals surface area contributed by atoms with E-state index in [0.29, 0.717) is 5.92 Å². The fourth-order valence-electron chi connectivity index (χ4n) is 5.14. The first-order valence-corrected chi connectivity index (χ1v) is 13.1. The number of nitrogens with zero attached hydrogens (tertiary/aromatic N) is 2. The Labute approximate surface area is 218 Å². The summed E-state index contributed by atoms with van der Waals surface area (Å²) in [6.07, 6.45) is 4.59. The molecule has 0 unspecified atom stereocenters. The van der Waals surface area contributed by atoms with Gasteiger partial charge in [-0.2, -0.15) is 0 Å². The second-order valence-electron chi connectivity index (χ2n) is 11.5. The molecule has 0 aliphatic heterocycles. The van der Waals surface area contributed by atoms with E-state index in [9.17, 15) is 0 Å². The van der Waals surface area contributed by atoms with Crippen LogP contribution >= 0.6 is 0 Å². The zero-order valence-corrected chi connectivity index (χ0v) is 22.2. The first kappa shape index (κ1) is 23.4. The van der Waals surface area contributed by atoms with Crippen molar-refractivity contribution in [3.8, 4) is 22.4 Å². The number of benzene rings is 3. The van der Waals surface area contributed by atoms with E-state index in [0.717, 1.165) is 50.8 Å². The second kappa shape index (κ2) is 8.85. The van der Waals surface area contributed by atoms with Crippen molar-refractivity contribution < 1.29 is 4.42 Å². The summed E-state index contributed by atoms with van der Waals surface area (Å²) in [6, 6.07) is 26.3. The van der Waals surface area contributed by atoms with Gasteiger partial charge >= 0.3 is 0 Å². The Balaban J connectivity index is 1.46. The van der Waals surface area contributed by atoms with E-state index in [1.165, 1.54) is 21.9 Å². The standard InChI is InChI=1S/C34H32N2O/c1-21(2)16-28-10-11-29-30(19-26-13-15-37-33(26)32(29)36-28)31-20-25(12-14-35-31)22-6-7-24-18-27(34(3,4)5)9-8-23(24)17-22/h6-15,17-21H,16H2,1-5H3. The Hall–Kier alpha value is -3.98. The number of hydrogen-bond acceptors (Lipinski definition) is 3. The van der Waals surface area contributed by atoms with Gasteiger partial charge in [0.05, 0.1) is 12.0 Å². The van der Waals surface area contributed by atoms with Crippen LogP contribution in [0.4, 0.5) is 0 Å². The largest absolute Gasteiger partial charge is 0.462 e. The lowest BCUT2D eigenvalue weighted by atomic mass is 9.85. The number of aromatic nitrogens is 2. The van der Waals surface area contributed by atoms with Crippen LogP contribution in [0.15, 0.2) is 89.7 Å². The van der Waals surface area contributed by atoms with Gasteiger partial charge in [0.15, 0.2) is 5.58 Å². The summed E-state index contributed by atoms with van der Waals surface area (Å²) in [5.74, 6) is 0.542. The summed E-state index contributed by atoms with van der Waals surface area (Å²) >= 11 is 0. The molecular weight excluding hydrogens is 452 g/mol. The van der Waals surface area contributed by atoms with E-state index >= 15 is 0 Å². The van der Waals surface area contributed by atoms with Gasteiger partial charge in [-0.25, -0.2) is 4.98 Å². The van der Waals surface area contributed by atoms with Crippen LogP contribution in [0.2, 0.25) is 0 Å². The summed E-state index contributed by atoms with van der Waals surface area (Å²) in [5.41, 5.74) is 8.67. The lowest BCUT2D eigenvalue weighted by molar-refractivity contribution is 0.591. The zero-order valence-electron chi connectivity index (χ0n) is 22.2. The molecule has 3 heteroatoms. The summed E-state index contributed by atoms with van der Waals surface area (Å²) in [6.45, 7) is 11.2. The fraction of sp³-hybridized carbons (Fsp3) is 0.235. The molecule has 3 aromatic carbocycles. The normalized spacial score (nSPS) is 12.3. The van der Waals surface area contributed by atoms with Gasteiger partial charge in [-0.1, -0.05) is 71.0 Å². The Morgan fingerprint density at radius 1 is 0.784 bits per heavy atom. The van der Waals surface area contributed by atoms with Crippen molar-refractivity contribution in [3.63, 3.8) is 0 Å². The number of rotatable bonds is 4. The molecule has 0 radical (unpaired) electrons. The first-order valence-electron chi connectivity index (χ1n) is 13.1. The van der Waals surface area contributed by atoms with E-state index in [4.69, 9.17) is 14.4 Å². The molecule has 0 amide bonds. The van der Waals surface area contributed by atoms with Gasteiger partial charge in [0.25, 0.3) is 0 Å². The molecule has 184 valence electrons. The monoisotopic (exact) mass is 484 g/mol. The Bertz CT molecular complexity index is 1770. The maximum absolute atomic E-state index is 5.86. The van der Waals surface area contributed by atoms with Crippen LogP contribution in [0.5, 0.6) is 0 Å². The molecule has 0 saturated heterocycles. The number of hydrogen-bond donors (Lipinski definition) is 0. The van der Waals surface area contributed by atoms with Crippen LogP contribution in [0, 0.1) is 5.92 Å². The van der Waals surface area contributed by atoms with Crippen molar-refractivity contribution in [2.24, 2.45) is 5.92 Å². The van der Waals surface area contributed by atoms with Crippen molar-refractivity contribution in [1.29, 1.82) is 0 Å². The summed E-state index contributed by atoms with van der Waals surface area (Å²) in [5, 5.41) is 4.62. The maximum atomic E-state index is 5.86. The minimum absolute atomic E-state index is 0.135. The summed E-state index contributed by atoms with van der Waals surface area (Å²) in [7, 11) is 0. The predicted molar refractivity (Wildman–Crippen MR) is 155 cm³/mol. The highest BCUT2D eigenvalue weighted by Crippen LogP contribution is 2.36. The highest BCUT2D eigenvalue weighted by molar-refractivity contribution is 6.09. The third-order valence-corrected chi connectivity index (χ3v) is 7.15. The maximum Gasteiger partial charge on any atom is 0.160 e. The zero-order chi connectivity index (χ0) is 25.7. The molecular formula is C34H32N2O. The SMILES string of the molecule is CC(C)Cc1ccc2c(-c3cc(-c4ccc5cc(C(C)(C)C)ccc5c4)ccn3)cc3ccoc3c2n1. The van der Waals surface area contributed by atoms with Crippen LogP contribution in [-0.4, -0.2) is 9.97 Å². The van der Waals surface area contributed by atoms with E-state index in [-0.39, 0.29) is 5.41 Å². The molecule has 0 atom stereocenters. The van der Waals surface area contributed by atoms with E-state index in [1.54, 1.807) is 6.26 Å². The van der Waals surface area contributed by atoms with Gasteiger partial charge < -0.3 is 4.42 Å². The molecule has 3 heterocycles. The minimum atomic E-state index is 0.135. The molecule has 0 aliphatic rings. The minimum Gasteiger partial charge on any atom is -0.462 e. The number of furan rings is 1. The van der Waals surface area contributed by atoms with Gasteiger partial charge in [0, 0.05) is 28.2 Å². The molecule has 0 N–H and O–H groups in total. The lowest BCUT2D eigenvalue weighted by Crippen LogP contribution is -2.10. The van der Waals surface area contributed by atoms with Crippen LogP contribution in [-0.2, 0) is 11.8 Å². The van der Waals surface area contributed by atoms with Crippen molar-refractivity contribution >= 4 is 32.6 Å². The highest BCUT2D eigenvalue weighted by atomic mass is 16.3. The first-order chi connectivity index (χ1) is 17.8. The number of fused-ring (bicyclic) bond motifs is 4. The average molecular weight is 485 g/mol. The molecule has 6 rings (SSSR count). The van der Waals surface area contributed by atoms with Crippen LogP contribution in [0.3, 0.4) is 0 Å². The van der Waals surface area contributed by atoms with Crippen molar-refractivity contribution in [1.82, 2.24) is 9.97 Å². The van der Waals surface area contributed by atoms with Crippen LogP contribution in [0.1, 0.15) is 45.9 Å². The van der Waals surface area contributed by atoms with E-state index in [1.807, 2.05) is 12.3 Å². The molecule has 0 saturated carbocycles. The fourth-order valence-corrected chi connectivity index (χ4v) is 5.14. The highest BCUT2D eigenvalue weighted by Gasteiger charge is 2.16. The molecule has 0 spiro atoms. The number of pyridine rings is 2. The Kier molecular flexibility index (Phi) is 5.60. The van der Waals surface area contributed by atoms with Crippen LogP contribution in [0.25, 0.3) is 55.0 Å². The summed E-state index contributed by atoms with van der Waals surface area (Å²) in [4.78, 5) is 9.81. The molecule has 0 bridgehead atoms. The van der Waals surface area contributed by atoms with Gasteiger partial charge in [-0.05, 0) is 81.6 Å². The average Bonchev–Trinajstić information content (AvgIpc) is 3.36. The van der Waals surface area contributed by atoms with Gasteiger partial charge in [0.1, 0.15) is 5.52 Å². The van der Waals surface area contributed by atoms with Gasteiger partial charge in [-0.3, -0.25) is 4.98 Å². The van der Waals surface area contributed by atoms with E-state index < -0.39 is 0 Å². The molecule has 37 heavy (non-hydrogen) atoms. The van der Waals surface area contributed by atoms with Gasteiger partial charge in [-0.15, -0.1) is 0 Å². The summed E-state index contributed by atoms with van der Waals surface area (Å²) < 4.78 is 5.86. The second-order valence-corrected chi connectivity index (χ2v) is 11.5.